The van der Waals surface area contributed by atoms with Gasteiger partial charge in [0, 0.05) is 26.2 Å². The van der Waals surface area contributed by atoms with Crippen molar-refractivity contribution in [3.63, 3.8) is 0 Å². The fourth-order valence-electron chi connectivity index (χ4n) is 3.30. The molecule has 1 fully saturated rings. The summed E-state index contributed by atoms with van der Waals surface area (Å²) in [6.07, 6.45) is 0. The van der Waals surface area contributed by atoms with Crippen LogP contribution in [0.4, 0.5) is 0 Å². The lowest BCUT2D eigenvalue weighted by Crippen LogP contribution is -2.48. The molecule has 0 atom stereocenters. The lowest BCUT2D eigenvalue weighted by atomic mass is 10.1. The third-order valence-corrected chi connectivity index (χ3v) is 6.20. The average molecular weight is 415 g/mol. The van der Waals surface area contributed by atoms with Crippen LogP contribution >= 0.6 is 23.6 Å². The number of nitrogens with zero attached hydrogens (tertiary/aromatic N) is 6. The molecule has 7 nitrogen and oxygen atoms in total. The predicted octanol–water partition coefficient (Wildman–Crippen LogP) is 2.89. The minimum Gasteiger partial charge on any atom is -0.335 e. The number of piperazine rings is 1. The Hall–Kier alpha value is -2.36. The number of thiophene rings is 1. The van der Waals surface area contributed by atoms with Crippen molar-refractivity contribution in [3.8, 4) is 5.69 Å². The van der Waals surface area contributed by atoms with Gasteiger partial charge in [-0.3, -0.25) is 9.69 Å². The number of carbonyl (C=O) groups is 1. The maximum Gasteiger partial charge on any atom is 0.264 e. The van der Waals surface area contributed by atoms with Gasteiger partial charge in [-0.2, -0.15) is 4.68 Å². The highest BCUT2D eigenvalue weighted by Gasteiger charge is 2.23. The minimum absolute atomic E-state index is 0.118. The predicted molar refractivity (Wildman–Crippen MR) is 111 cm³/mol. The molecule has 0 aliphatic carbocycles. The number of carbonyl (C=O) groups excluding carboxylic acids is 1. The van der Waals surface area contributed by atoms with Crippen molar-refractivity contribution in [1.82, 2.24) is 29.6 Å². The molecule has 0 radical (unpaired) electrons. The zero-order chi connectivity index (χ0) is 19.7. The summed E-state index contributed by atoms with van der Waals surface area (Å²) in [5.74, 6) is 0.118. The summed E-state index contributed by atoms with van der Waals surface area (Å²) < 4.78 is 4.04. The number of rotatable bonds is 4. The second kappa shape index (κ2) is 7.94. The molecule has 1 saturated heterocycles. The fraction of sp³-hybridized carbons (Fsp3) is 0.368. The molecular weight excluding hydrogens is 392 g/mol. The fourth-order valence-corrected chi connectivity index (χ4v) is 4.22. The highest BCUT2D eigenvalue weighted by atomic mass is 32.1. The van der Waals surface area contributed by atoms with E-state index in [0.29, 0.717) is 24.5 Å². The van der Waals surface area contributed by atoms with Crippen LogP contribution in [0.1, 0.15) is 20.8 Å². The smallest absolute Gasteiger partial charge is 0.264 e. The molecule has 1 aliphatic rings. The zero-order valence-corrected chi connectivity index (χ0v) is 17.5. The molecule has 1 amide bonds. The van der Waals surface area contributed by atoms with Crippen LogP contribution in [0.3, 0.4) is 0 Å². The van der Waals surface area contributed by atoms with Crippen LogP contribution in [-0.4, -0.2) is 61.7 Å². The first-order valence-corrected chi connectivity index (χ1v) is 10.5. The number of aromatic nitrogens is 4. The van der Waals surface area contributed by atoms with Gasteiger partial charge in [-0.25, -0.2) is 4.68 Å². The van der Waals surface area contributed by atoms with Gasteiger partial charge in [-0.1, -0.05) is 18.2 Å². The van der Waals surface area contributed by atoms with Crippen molar-refractivity contribution < 1.29 is 4.79 Å². The standard InChI is InChI=1S/C19H22N6OS2/c1-14-5-6-15(2)16(12-14)25-19(27)24(20-21-25)13-22-7-9-23(10-8-22)18(26)17-4-3-11-28-17/h3-6,11-12H,7-10,13H2,1-2H3. The van der Waals surface area contributed by atoms with Crippen LogP contribution in [0.2, 0.25) is 0 Å². The first kappa shape index (κ1) is 19.0. The molecule has 0 saturated carbocycles. The summed E-state index contributed by atoms with van der Waals surface area (Å²) in [5, 5.41) is 10.5. The Balaban J connectivity index is 1.42. The summed E-state index contributed by atoms with van der Waals surface area (Å²) in [4.78, 5) is 17.4. The van der Waals surface area contributed by atoms with Crippen molar-refractivity contribution in [2.75, 3.05) is 26.2 Å². The SMILES string of the molecule is Cc1ccc(C)c(-n2nnn(CN3CCN(C(=O)c4cccs4)CC3)c2=S)c1. The molecule has 3 aromatic rings. The van der Waals surface area contributed by atoms with Gasteiger partial charge in [0.2, 0.25) is 4.77 Å². The topological polar surface area (TPSA) is 59.2 Å². The van der Waals surface area contributed by atoms with E-state index in [0.717, 1.165) is 34.8 Å². The quantitative estimate of drug-likeness (QED) is 0.615. The van der Waals surface area contributed by atoms with E-state index in [-0.39, 0.29) is 5.91 Å². The van der Waals surface area contributed by atoms with E-state index in [1.54, 1.807) is 9.36 Å². The van der Waals surface area contributed by atoms with Gasteiger partial charge in [0.15, 0.2) is 0 Å². The molecule has 9 heteroatoms. The molecule has 3 heterocycles. The van der Waals surface area contributed by atoms with E-state index >= 15 is 0 Å². The Morgan fingerprint density at radius 2 is 1.93 bits per heavy atom. The van der Waals surface area contributed by atoms with Crippen molar-refractivity contribution in [1.29, 1.82) is 0 Å². The maximum atomic E-state index is 12.5. The summed E-state index contributed by atoms with van der Waals surface area (Å²) in [6, 6.07) is 10.00. The van der Waals surface area contributed by atoms with Crippen LogP contribution in [0.25, 0.3) is 5.69 Å². The van der Waals surface area contributed by atoms with E-state index in [9.17, 15) is 4.79 Å². The number of hydrogen-bond donors (Lipinski definition) is 0. The molecule has 1 aromatic carbocycles. The summed E-state index contributed by atoms with van der Waals surface area (Å²) in [6.45, 7) is 7.65. The minimum atomic E-state index is 0.118. The highest BCUT2D eigenvalue weighted by Crippen LogP contribution is 2.16. The third kappa shape index (κ3) is 3.78. The van der Waals surface area contributed by atoms with Crippen molar-refractivity contribution in [2.45, 2.75) is 20.5 Å². The number of aryl methyl sites for hydroxylation is 2. The Morgan fingerprint density at radius 3 is 2.64 bits per heavy atom. The van der Waals surface area contributed by atoms with Crippen LogP contribution in [0.15, 0.2) is 35.7 Å². The molecule has 2 aromatic heterocycles. The van der Waals surface area contributed by atoms with Gasteiger partial charge >= 0.3 is 0 Å². The second-order valence-corrected chi connectivity index (χ2v) is 8.30. The van der Waals surface area contributed by atoms with E-state index < -0.39 is 0 Å². The van der Waals surface area contributed by atoms with Crippen molar-refractivity contribution in [3.05, 3.63) is 56.5 Å². The van der Waals surface area contributed by atoms with E-state index in [1.165, 1.54) is 11.3 Å². The van der Waals surface area contributed by atoms with Gasteiger partial charge in [-0.05, 0) is 65.1 Å². The Labute approximate surface area is 172 Å². The molecule has 1 aliphatic heterocycles. The molecule has 4 rings (SSSR count). The number of benzene rings is 1. The summed E-state index contributed by atoms with van der Waals surface area (Å²) >= 11 is 7.10. The highest BCUT2D eigenvalue weighted by molar-refractivity contribution is 7.71. The first-order valence-electron chi connectivity index (χ1n) is 9.18. The van der Waals surface area contributed by atoms with Gasteiger partial charge in [-0.15, -0.1) is 11.3 Å². The Kier molecular flexibility index (Phi) is 5.38. The Morgan fingerprint density at radius 1 is 1.14 bits per heavy atom. The number of tetrazole rings is 1. The summed E-state index contributed by atoms with van der Waals surface area (Å²) in [5.41, 5.74) is 3.22. The lowest BCUT2D eigenvalue weighted by Gasteiger charge is -2.34. The summed E-state index contributed by atoms with van der Waals surface area (Å²) in [7, 11) is 0. The van der Waals surface area contributed by atoms with Crippen LogP contribution < -0.4 is 0 Å². The zero-order valence-electron chi connectivity index (χ0n) is 15.9. The van der Waals surface area contributed by atoms with E-state index in [1.807, 2.05) is 36.3 Å². The Bertz CT molecular complexity index is 1030. The molecule has 146 valence electrons. The largest absolute Gasteiger partial charge is 0.335 e. The first-order chi connectivity index (χ1) is 13.5. The van der Waals surface area contributed by atoms with Crippen LogP contribution in [-0.2, 0) is 6.67 Å². The number of hydrogen-bond acceptors (Lipinski definition) is 6. The van der Waals surface area contributed by atoms with Crippen LogP contribution in [0, 0.1) is 18.6 Å². The third-order valence-electron chi connectivity index (χ3n) is 4.96. The van der Waals surface area contributed by atoms with Gasteiger partial charge in [0.25, 0.3) is 5.91 Å². The molecule has 0 N–H and O–H groups in total. The lowest BCUT2D eigenvalue weighted by molar-refractivity contribution is 0.0588. The van der Waals surface area contributed by atoms with E-state index in [2.05, 4.69) is 33.5 Å². The number of amides is 1. The normalized spacial score (nSPS) is 15.1. The second-order valence-electron chi connectivity index (χ2n) is 6.99. The van der Waals surface area contributed by atoms with Crippen molar-refractivity contribution >= 4 is 29.5 Å². The van der Waals surface area contributed by atoms with Gasteiger partial charge in [0.05, 0.1) is 17.2 Å². The molecular formula is C19H22N6OS2. The van der Waals surface area contributed by atoms with Gasteiger partial charge in [0.1, 0.15) is 0 Å². The molecule has 0 spiro atoms. The van der Waals surface area contributed by atoms with E-state index in [4.69, 9.17) is 12.2 Å². The van der Waals surface area contributed by atoms with Gasteiger partial charge < -0.3 is 4.90 Å². The average Bonchev–Trinajstić information content (AvgIpc) is 3.35. The monoisotopic (exact) mass is 414 g/mol. The van der Waals surface area contributed by atoms with Crippen molar-refractivity contribution in [2.24, 2.45) is 0 Å². The van der Waals surface area contributed by atoms with Crippen LogP contribution in [0.5, 0.6) is 0 Å². The molecule has 0 bridgehead atoms. The molecule has 0 unspecified atom stereocenters. The maximum absolute atomic E-state index is 12.5. The molecule has 28 heavy (non-hydrogen) atoms.